The first-order chi connectivity index (χ1) is 14.8. The lowest BCUT2D eigenvalue weighted by atomic mass is 10.1. The van der Waals surface area contributed by atoms with Gasteiger partial charge >= 0.3 is 0 Å². The molecule has 0 aliphatic carbocycles. The summed E-state index contributed by atoms with van der Waals surface area (Å²) in [7, 11) is -1.96. The number of anilines is 1. The molecule has 0 amide bonds. The molecule has 31 heavy (non-hydrogen) atoms. The third-order valence-corrected chi connectivity index (χ3v) is 11.1. The average Bonchev–Trinajstić information content (AvgIpc) is 3.41. The van der Waals surface area contributed by atoms with Gasteiger partial charge in [-0.2, -0.15) is 0 Å². The van der Waals surface area contributed by atoms with Gasteiger partial charge in [0.25, 0.3) is 0 Å². The van der Waals surface area contributed by atoms with Gasteiger partial charge in [0.2, 0.25) is 0 Å². The van der Waals surface area contributed by atoms with Crippen LogP contribution in [-0.4, -0.2) is 58.0 Å². The van der Waals surface area contributed by atoms with Crippen molar-refractivity contribution in [2.75, 3.05) is 5.73 Å². The van der Waals surface area contributed by atoms with Gasteiger partial charge in [0, 0.05) is 0 Å². The van der Waals surface area contributed by atoms with E-state index >= 15 is 0 Å². The molecule has 2 aliphatic rings. The summed E-state index contributed by atoms with van der Waals surface area (Å²) in [6.07, 6.45) is 6.70. The second-order valence-electron chi connectivity index (χ2n) is 8.59. The van der Waals surface area contributed by atoms with Gasteiger partial charge in [-0.15, -0.1) is 6.42 Å². The lowest BCUT2D eigenvalue weighted by molar-refractivity contribution is -0.202. The van der Waals surface area contributed by atoms with E-state index in [1.54, 1.807) is 6.33 Å². The molecule has 2 aromatic heterocycles. The molecule has 5 atom stereocenters. The Morgan fingerprint density at radius 3 is 2.52 bits per heavy atom. The standard InChI is InChI=1S/C21H31N5O4Si/c1-7-13(30-31(8-2,9-3)10-4)15-16-17(29-21(5,6)28-16)20(27-15)26-12-25-14-18(22)23-11-24-19(14)26/h1,11-13,15-17,20H,8-10H2,2-6H3,(H2,22,23,24)/t13-,15+,16+,17+,20+/m0/s1. The maximum absolute atomic E-state index is 6.64. The number of nitrogens with zero attached hydrogens (tertiary/aromatic N) is 4. The van der Waals surface area contributed by atoms with Gasteiger partial charge in [0.1, 0.15) is 36.3 Å². The smallest absolute Gasteiger partial charge is 0.193 e. The van der Waals surface area contributed by atoms with Gasteiger partial charge in [-0.05, 0) is 32.0 Å². The Morgan fingerprint density at radius 2 is 1.87 bits per heavy atom. The van der Waals surface area contributed by atoms with Crippen LogP contribution in [-0.2, 0) is 18.6 Å². The number of rotatable bonds is 7. The zero-order chi connectivity index (χ0) is 22.4. The highest BCUT2D eigenvalue weighted by atomic mass is 28.4. The second-order valence-corrected chi connectivity index (χ2v) is 13.3. The second kappa shape index (κ2) is 8.15. The van der Waals surface area contributed by atoms with Crippen molar-refractivity contribution in [3.8, 4) is 12.3 Å². The van der Waals surface area contributed by atoms with Crippen molar-refractivity contribution in [2.45, 2.75) is 89.2 Å². The maximum Gasteiger partial charge on any atom is 0.193 e. The third kappa shape index (κ3) is 3.74. The Kier molecular flexibility index (Phi) is 5.83. The van der Waals surface area contributed by atoms with Crippen LogP contribution in [0.5, 0.6) is 0 Å². The molecule has 0 bridgehead atoms. The lowest BCUT2D eigenvalue weighted by Crippen LogP contribution is -2.47. The Bertz CT molecular complexity index is 978. The van der Waals surface area contributed by atoms with Gasteiger partial charge in [0.15, 0.2) is 31.8 Å². The SMILES string of the molecule is C#C[C@H](O[Si](CC)(CC)CC)[C@H]1O[C@@H](n2cnc3c(N)ncnc32)[C@@H]2OC(C)(C)O[C@@H]21. The van der Waals surface area contributed by atoms with Gasteiger partial charge in [-0.3, -0.25) is 4.57 Å². The van der Waals surface area contributed by atoms with Crippen molar-refractivity contribution in [2.24, 2.45) is 0 Å². The topological polar surface area (TPSA) is 107 Å². The molecule has 2 aromatic rings. The number of nitrogens with two attached hydrogens (primary N) is 1. The first-order valence-electron chi connectivity index (χ1n) is 10.9. The molecular weight excluding hydrogens is 414 g/mol. The summed E-state index contributed by atoms with van der Waals surface area (Å²) >= 11 is 0. The van der Waals surface area contributed by atoms with Gasteiger partial charge in [-0.25, -0.2) is 15.0 Å². The van der Waals surface area contributed by atoms with E-state index in [-0.39, 0.29) is 6.10 Å². The van der Waals surface area contributed by atoms with E-state index in [4.69, 9.17) is 30.8 Å². The Balaban J connectivity index is 1.70. The summed E-state index contributed by atoms with van der Waals surface area (Å²) in [6.45, 7) is 10.3. The largest absolute Gasteiger partial charge is 0.401 e. The minimum absolute atomic E-state index is 0.313. The van der Waals surface area contributed by atoms with Crippen LogP contribution in [0.4, 0.5) is 5.82 Å². The number of hydrogen-bond acceptors (Lipinski definition) is 8. The molecule has 9 nitrogen and oxygen atoms in total. The van der Waals surface area contributed by atoms with Gasteiger partial charge < -0.3 is 24.4 Å². The minimum atomic E-state index is -1.96. The van der Waals surface area contributed by atoms with Crippen LogP contribution in [0.25, 0.3) is 11.2 Å². The predicted octanol–water partition coefficient (Wildman–Crippen LogP) is 2.85. The van der Waals surface area contributed by atoms with E-state index in [0.717, 1.165) is 18.1 Å². The summed E-state index contributed by atoms with van der Waals surface area (Å²) in [4.78, 5) is 12.7. The van der Waals surface area contributed by atoms with Crippen molar-refractivity contribution >= 4 is 25.3 Å². The Hall–Kier alpha value is -2.03. The Morgan fingerprint density at radius 1 is 1.19 bits per heavy atom. The van der Waals surface area contributed by atoms with Crippen molar-refractivity contribution in [1.82, 2.24) is 19.5 Å². The molecule has 0 spiro atoms. The fourth-order valence-electron chi connectivity index (χ4n) is 4.60. The van der Waals surface area contributed by atoms with Crippen molar-refractivity contribution in [3.05, 3.63) is 12.7 Å². The van der Waals surface area contributed by atoms with Crippen LogP contribution >= 0.6 is 0 Å². The highest BCUT2D eigenvalue weighted by Gasteiger charge is 2.58. The van der Waals surface area contributed by atoms with Crippen LogP contribution in [0.3, 0.4) is 0 Å². The summed E-state index contributed by atoms with van der Waals surface area (Å²) in [6, 6.07) is 2.98. The zero-order valence-corrected chi connectivity index (χ0v) is 19.7. The number of imidazole rings is 1. The predicted molar refractivity (Wildman–Crippen MR) is 118 cm³/mol. The van der Waals surface area contributed by atoms with Crippen molar-refractivity contribution in [3.63, 3.8) is 0 Å². The lowest BCUT2D eigenvalue weighted by Gasteiger charge is -2.34. The summed E-state index contributed by atoms with van der Waals surface area (Å²) in [5.74, 6) is 2.38. The molecule has 2 aliphatic heterocycles. The molecule has 2 fully saturated rings. The van der Waals surface area contributed by atoms with E-state index in [9.17, 15) is 0 Å². The molecular formula is C21H31N5O4Si. The van der Waals surface area contributed by atoms with Crippen molar-refractivity contribution in [1.29, 1.82) is 0 Å². The van der Waals surface area contributed by atoms with Crippen LogP contribution < -0.4 is 5.73 Å². The fraction of sp³-hybridized carbons (Fsp3) is 0.667. The quantitative estimate of drug-likeness (QED) is 0.512. The van der Waals surface area contributed by atoms with Crippen LogP contribution in [0, 0.1) is 12.3 Å². The summed E-state index contributed by atoms with van der Waals surface area (Å²) in [5.41, 5.74) is 7.05. The number of terminal acetylenes is 1. The van der Waals surface area contributed by atoms with Crippen molar-refractivity contribution < 1.29 is 18.6 Å². The van der Waals surface area contributed by atoms with E-state index in [2.05, 4.69) is 41.6 Å². The normalized spacial score (nSPS) is 28.5. The molecule has 0 saturated carbocycles. The number of ether oxygens (including phenoxy) is 3. The highest BCUT2D eigenvalue weighted by molar-refractivity contribution is 6.73. The van der Waals surface area contributed by atoms with E-state index in [1.807, 2.05) is 18.4 Å². The molecule has 0 aromatic carbocycles. The number of nitrogen functional groups attached to an aromatic ring is 1. The summed E-state index contributed by atoms with van der Waals surface area (Å²) in [5, 5.41) is 0. The third-order valence-electron chi connectivity index (χ3n) is 6.50. The number of hydrogen-bond donors (Lipinski definition) is 1. The molecule has 2 N–H and O–H groups in total. The first-order valence-corrected chi connectivity index (χ1v) is 13.4. The molecule has 2 saturated heterocycles. The van der Waals surface area contributed by atoms with Gasteiger partial charge in [-0.1, -0.05) is 26.7 Å². The maximum atomic E-state index is 6.64. The first kappa shape index (κ1) is 22.2. The fourth-order valence-corrected chi connectivity index (χ4v) is 7.34. The van der Waals surface area contributed by atoms with E-state index in [1.165, 1.54) is 6.33 Å². The van der Waals surface area contributed by atoms with E-state index in [0.29, 0.717) is 17.0 Å². The van der Waals surface area contributed by atoms with Gasteiger partial charge in [0.05, 0.1) is 6.33 Å². The van der Waals surface area contributed by atoms with E-state index < -0.39 is 38.6 Å². The van der Waals surface area contributed by atoms with Crippen LogP contribution in [0.1, 0.15) is 40.8 Å². The van der Waals surface area contributed by atoms with Crippen LogP contribution in [0.15, 0.2) is 12.7 Å². The number of fused-ring (bicyclic) bond motifs is 2. The molecule has 4 heterocycles. The molecule has 0 unspecified atom stereocenters. The van der Waals surface area contributed by atoms with Crippen LogP contribution in [0.2, 0.25) is 18.1 Å². The monoisotopic (exact) mass is 445 g/mol. The number of aromatic nitrogens is 4. The molecule has 4 rings (SSSR count). The minimum Gasteiger partial charge on any atom is -0.401 e. The average molecular weight is 446 g/mol. The Labute approximate surface area is 183 Å². The molecule has 10 heteroatoms. The zero-order valence-electron chi connectivity index (χ0n) is 18.7. The molecule has 0 radical (unpaired) electrons. The highest BCUT2D eigenvalue weighted by Crippen LogP contribution is 2.45. The molecule has 168 valence electrons. The summed E-state index contributed by atoms with van der Waals surface area (Å²) < 4.78 is 27.4.